The first-order chi connectivity index (χ1) is 10.3. The van der Waals surface area contributed by atoms with Gasteiger partial charge in [0, 0.05) is 24.4 Å². The van der Waals surface area contributed by atoms with Gasteiger partial charge in [0.15, 0.2) is 0 Å². The molecule has 2 rings (SSSR count). The summed E-state index contributed by atoms with van der Waals surface area (Å²) < 4.78 is 6.20. The van der Waals surface area contributed by atoms with E-state index in [0.29, 0.717) is 6.10 Å². The zero-order valence-corrected chi connectivity index (χ0v) is 14.3. The first-order valence-electron chi connectivity index (χ1n) is 8.35. The molecule has 1 saturated heterocycles. The van der Waals surface area contributed by atoms with Crippen molar-refractivity contribution in [1.82, 2.24) is 4.90 Å². The van der Waals surface area contributed by atoms with Crippen molar-refractivity contribution in [1.29, 1.82) is 0 Å². The van der Waals surface area contributed by atoms with E-state index >= 15 is 0 Å². The molecule has 1 aliphatic carbocycles. The maximum atomic E-state index is 6.20. The average Bonchev–Trinajstić information content (AvgIpc) is 3.04. The van der Waals surface area contributed by atoms with Crippen LogP contribution < -0.4 is 0 Å². The van der Waals surface area contributed by atoms with Gasteiger partial charge in [0.1, 0.15) is 6.10 Å². The second kappa shape index (κ2) is 9.37. The van der Waals surface area contributed by atoms with Crippen LogP contribution in [0.15, 0.2) is 35.0 Å². The minimum atomic E-state index is 0.437. The van der Waals surface area contributed by atoms with Gasteiger partial charge in [-0.1, -0.05) is 25.2 Å². The number of rotatable bonds is 8. The van der Waals surface area contributed by atoms with Crippen LogP contribution in [0.3, 0.4) is 0 Å². The Hall–Kier alpha value is -0.670. The molecule has 0 atom stereocenters. The normalized spacial score (nSPS) is 20.9. The molecular formula is C18H29NOS. The van der Waals surface area contributed by atoms with E-state index in [9.17, 15) is 0 Å². The minimum Gasteiger partial charge on any atom is -0.495 e. The highest BCUT2D eigenvalue weighted by Gasteiger charge is 2.19. The van der Waals surface area contributed by atoms with Crippen molar-refractivity contribution < 1.29 is 4.74 Å². The predicted molar refractivity (Wildman–Crippen MR) is 93.5 cm³/mol. The number of nitrogens with zero attached hydrogens (tertiary/aromatic N) is 1. The van der Waals surface area contributed by atoms with E-state index in [1.807, 2.05) is 11.8 Å². The molecule has 3 heteroatoms. The third kappa shape index (κ3) is 5.91. The Labute approximate surface area is 134 Å². The van der Waals surface area contributed by atoms with E-state index in [1.165, 1.54) is 55.3 Å². The molecule has 0 bridgehead atoms. The molecule has 1 heterocycles. The molecule has 2 aliphatic rings. The van der Waals surface area contributed by atoms with Crippen molar-refractivity contribution >= 4 is 11.8 Å². The van der Waals surface area contributed by atoms with E-state index in [1.54, 1.807) is 0 Å². The van der Waals surface area contributed by atoms with Crippen LogP contribution in [-0.4, -0.2) is 36.4 Å². The second-order valence-electron chi connectivity index (χ2n) is 5.70. The molecular weight excluding hydrogens is 278 g/mol. The predicted octanol–water partition coefficient (Wildman–Crippen LogP) is 4.75. The highest BCUT2D eigenvalue weighted by Crippen LogP contribution is 2.25. The third-order valence-corrected chi connectivity index (χ3v) is 5.32. The molecule has 0 unspecified atom stereocenters. The fourth-order valence-electron chi connectivity index (χ4n) is 2.81. The Morgan fingerprint density at radius 3 is 2.86 bits per heavy atom. The van der Waals surface area contributed by atoms with E-state index in [-0.39, 0.29) is 0 Å². The Morgan fingerprint density at radius 1 is 1.43 bits per heavy atom. The van der Waals surface area contributed by atoms with Gasteiger partial charge in [-0.3, -0.25) is 0 Å². The summed E-state index contributed by atoms with van der Waals surface area (Å²) in [5, 5.41) is 0. The summed E-state index contributed by atoms with van der Waals surface area (Å²) in [5.41, 5.74) is 0. The van der Waals surface area contributed by atoms with Crippen molar-refractivity contribution in [2.75, 3.05) is 25.4 Å². The molecule has 0 aromatic heterocycles. The molecule has 21 heavy (non-hydrogen) atoms. The van der Waals surface area contributed by atoms with Crippen molar-refractivity contribution in [3.63, 3.8) is 0 Å². The minimum absolute atomic E-state index is 0.437. The van der Waals surface area contributed by atoms with Gasteiger partial charge in [0.2, 0.25) is 0 Å². The molecule has 1 aliphatic heterocycles. The molecule has 1 fully saturated rings. The van der Waals surface area contributed by atoms with Crippen molar-refractivity contribution in [3.05, 3.63) is 35.0 Å². The molecule has 2 nitrogen and oxygen atoms in total. The lowest BCUT2D eigenvalue weighted by Crippen LogP contribution is -2.36. The third-order valence-electron chi connectivity index (χ3n) is 4.20. The van der Waals surface area contributed by atoms with Gasteiger partial charge in [-0.25, -0.2) is 0 Å². The largest absolute Gasteiger partial charge is 0.495 e. The van der Waals surface area contributed by atoms with Gasteiger partial charge in [0.05, 0.1) is 5.76 Å². The van der Waals surface area contributed by atoms with Gasteiger partial charge in [-0.15, -0.1) is 11.8 Å². The molecule has 118 valence electrons. The van der Waals surface area contributed by atoms with Crippen LogP contribution in [0.4, 0.5) is 0 Å². The van der Waals surface area contributed by atoms with Crippen LogP contribution >= 0.6 is 11.8 Å². The summed E-state index contributed by atoms with van der Waals surface area (Å²) in [7, 11) is 0. The van der Waals surface area contributed by atoms with Crippen LogP contribution in [0.5, 0.6) is 0 Å². The number of hydrogen-bond acceptors (Lipinski definition) is 3. The van der Waals surface area contributed by atoms with Crippen LogP contribution in [0, 0.1) is 0 Å². The van der Waals surface area contributed by atoms with E-state index < -0.39 is 0 Å². The van der Waals surface area contributed by atoms with E-state index in [2.05, 4.69) is 43.1 Å². The lowest BCUT2D eigenvalue weighted by atomic mass is 10.1. The van der Waals surface area contributed by atoms with Crippen LogP contribution in [0.25, 0.3) is 0 Å². The summed E-state index contributed by atoms with van der Waals surface area (Å²) >= 11 is 1.97. The number of allylic oxidation sites excluding steroid dienone is 5. The van der Waals surface area contributed by atoms with E-state index in [4.69, 9.17) is 4.74 Å². The molecule has 0 aromatic carbocycles. The summed E-state index contributed by atoms with van der Waals surface area (Å²) in [5.74, 6) is 2.38. The Kier molecular flexibility index (Phi) is 7.45. The second-order valence-corrected chi connectivity index (χ2v) is 6.87. The lowest BCUT2D eigenvalue weighted by Gasteiger charge is -2.31. The number of ether oxygens (including phenoxy) is 1. The maximum absolute atomic E-state index is 6.20. The SMILES string of the molecule is C/C=C(/CCCSC1=CCC=C1)OC1CCN(CC)CC1. The maximum Gasteiger partial charge on any atom is 0.101 e. The fourth-order valence-corrected chi connectivity index (χ4v) is 3.74. The van der Waals surface area contributed by atoms with Crippen molar-refractivity contribution in [2.45, 2.75) is 52.1 Å². The van der Waals surface area contributed by atoms with E-state index in [0.717, 1.165) is 12.8 Å². The van der Waals surface area contributed by atoms with Crippen molar-refractivity contribution in [2.24, 2.45) is 0 Å². The lowest BCUT2D eigenvalue weighted by molar-refractivity contribution is 0.0477. The highest BCUT2D eigenvalue weighted by molar-refractivity contribution is 8.03. The summed E-state index contributed by atoms with van der Waals surface area (Å²) in [6.07, 6.45) is 15.1. The molecule has 0 amide bonds. The number of piperidine rings is 1. The Balaban J connectivity index is 1.61. The number of thioether (sulfide) groups is 1. The first-order valence-corrected chi connectivity index (χ1v) is 9.34. The monoisotopic (exact) mass is 307 g/mol. The van der Waals surface area contributed by atoms with Gasteiger partial charge < -0.3 is 9.64 Å². The average molecular weight is 308 g/mol. The Bertz CT molecular complexity index is 392. The van der Waals surface area contributed by atoms with Gasteiger partial charge in [-0.05, 0) is 51.0 Å². The van der Waals surface area contributed by atoms with Gasteiger partial charge in [0.25, 0.3) is 0 Å². The molecule has 0 N–H and O–H groups in total. The summed E-state index contributed by atoms with van der Waals surface area (Å²) in [6.45, 7) is 7.89. The van der Waals surface area contributed by atoms with Gasteiger partial charge in [-0.2, -0.15) is 0 Å². The fraction of sp³-hybridized carbons (Fsp3) is 0.667. The summed E-state index contributed by atoms with van der Waals surface area (Å²) in [6, 6.07) is 0. The highest BCUT2D eigenvalue weighted by atomic mass is 32.2. The zero-order chi connectivity index (χ0) is 14.9. The van der Waals surface area contributed by atoms with Gasteiger partial charge >= 0.3 is 0 Å². The first kappa shape index (κ1) is 16.7. The Morgan fingerprint density at radius 2 is 2.24 bits per heavy atom. The number of likely N-dealkylation sites (tertiary alicyclic amines) is 1. The quantitative estimate of drug-likeness (QED) is 0.474. The zero-order valence-electron chi connectivity index (χ0n) is 13.5. The van der Waals surface area contributed by atoms with Crippen LogP contribution in [0.2, 0.25) is 0 Å². The van der Waals surface area contributed by atoms with Crippen LogP contribution in [-0.2, 0) is 4.74 Å². The standard InChI is InChI=1S/C18H29NOS/c1-3-16(8-7-15-21-18-9-5-6-10-18)20-17-11-13-19(4-2)14-12-17/h3,5,9-10,17H,4,6-8,11-15H2,1-2H3/b16-3-. The summed E-state index contributed by atoms with van der Waals surface area (Å²) in [4.78, 5) is 3.94. The molecule has 0 radical (unpaired) electrons. The molecule has 0 aromatic rings. The topological polar surface area (TPSA) is 12.5 Å². The van der Waals surface area contributed by atoms with Crippen LogP contribution in [0.1, 0.15) is 46.0 Å². The molecule has 0 spiro atoms. The van der Waals surface area contributed by atoms with Crippen molar-refractivity contribution in [3.8, 4) is 0 Å². The molecule has 0 saturated carbocycles. The number of hydrogen-bond donors (Lipinski definition) is 0. The smallest absolute Gasteiger partial charge is 0.101 e.